The molecule has 40 heavy (non-hydrogen) atoms. The smallest absolute Gasteiger partial charge is 0.306 e. The van der Waals surface area contributed by atoms with Gasteiger partial charge in [0.1, 0.15) is 0 Å². The summed E-state index contributed by atoms with van der Waals surface area (Å²) in [6.45, 7) is 1.91. The molecule has 0 radical (unpaired) electrons. The number of para-hydroxylation sites is 1. The van der Waals surface area contributed by atoms with E-state index in [1.165, 1.54) is 27.2 Å². The van der Waals surface area contributed by atoms with Crippen LogP contribution in [-0.4, -0.2) is 41.7 Å². The van der Waals surface area contributed by atoms with E-state index in [2.05, 4.69) is 29.6 Å². The maximum atomic E-state index is 13.6. The summed E-state index contributed by atoms with van der Waals surface area (Å²) in [6.07, 6.45) is 2.03. The Morgan fingerprint density at radius 1 is 0.750 bits per heavy atom. The first-order chi connectivity index (χ1) is 19.5. The van der Waals surface area contributed by atoms with Crippen LogP contribution in [0.4, 0.5) is 5.69 Å². The average Bonchev–Trinajstić information content (AvgIpc) is 3.22. The molecular formula is C33H32N2O5. The van der Waals surface area contributed by atoms with Gasteiger partial charge in [-0.2, -0.15) is 0 Å². The first-order valence-corrected chi connectivity index (χ1v) is 14.0. The van der Waals surface area contributed by atoms with Crippen LogP contribution >= 0.6 is 0 Å². The number of imide groups is 1. The van der Waals surface area contributed by atoms with E-state index in [9.17, 15) is 19.2 Å². The molecule has 0 aromatic heterocycles. The lowest BCUT2D eigenvalue weighted by atomic mass is 9.55. The van der Waals surface area contributed by atoms with Crippen molar-refractivity contribution in [2.24, 2.45) is 11.8 Å². The third kappa shape index (κ3) is 4.49. The summed E-state index contributed by atoms with van der Waals surface area (Å²) in [5.41, 5.74) is 6.29. The molecule has 0 saturated carbocycles. The molecule has 1 fully saturated rings. The first-order valence-electron chi connectivity index (χ1n) is 14.0. The standard InChI is InChI=1S/C33H32N2O5/c1-20-11-4-9-16-25(20)34-26(36)19-40-27(37)17-3-2-10-18-35-32(38)30-28-21-12-5-6-13-22(21)29(31(30)33(35)39)24-15-8-7-14-23(24)28/h4-9,11-16,28-31H,2-3,10,17-19H2,1H3,(H,34,36)/t28?,29?,30-,31-/m0/s1. The molecule has 2 atom stereocenters. The number of anilines is 1. The summed E-state index contributed by atoms with van der Waals surface area (Å²) < 4.78 is 5.12. The van der Waals surface area contributed by atoms with Crippen molar-refractivity contribution < 1.29 is 23.9 Å². The van der Waals surface area contributed by atoms with Crippen molar-refractivity contribution in [2.75, 3.05) is 18.5 Å². The monoisotopic (exact) mass is 536 g/mol. The van der Waals surface area contributed by atoms with E-state index in [1.54, 1.807) is 6.07 Å². The fraction of sp³-hybridized carbons (Fsp3) is 0.333. The highest BCUT2D eigenvalue weighted by Crippen LogP contribution is 2.60. The number of nitrogens with one attached hydrogen (secondary N) is 1. The summed E-state index contributed by atoms with van der Waals surface area (Å²) in [6, 6.07) is 23.9. The van der Waals surface area contributed by atoms with Crippen LogP contribution in [0.1, 0.15) is 65.3 Å². The van der Waals surface area contributed by atoms with E-state index in [0.29, 0.717) is 31.5 Å². The van der Waals surface area contributed by atoms with Gasteiger partial charge in [-0.25, -0.2) is 0 Å². The second-order valence-electron chi connectivity index (χ2n) is 10.9. The number of rotatable bonds is 9. The largest absolute Gasteiger partial charge is 0.456 e. The summed E-state index contributed by atoms with van der Waals surface area (Å²) in [7, 11) is 0. The Hall–Kier alpha value is -4.26. The number of likely N-dealkylation sites (tertiary alicyclic amines) is 1. The maximum absolute atomic E-state index is 13.6. The van der Waals surface area contributed by atoms with Crippen molar-refractivity contribution in [1.82, 2.24) is 4.90 Å². The number of amides is 3. The first kappa shape index (κ1) is 26.0. The highest BCUT2D eigenvalue weighted by Gasteiger charge is 2.61. The molecule has 0 spiro atoms. The van der Waals surface area contributed by atoms with E-state index in [0.717, 1.165) is 5.56 Å². The second-order valence-corrected chi connectivity index (χ2v) is 10.9. The molecule has 1 N–H and O–H groups in total. The normalized spacial score (nSPS) is 22.0. The summed E-state index contributed by atoms with van der Waals surface area (Å²) in [4.78, 5) is 52.9. The molecule has 3 aliphatic carbocycles. The topological polar surface area (TPSA) is 92.8 Å². The van der Waals surface area contributed by atoms with Crippen molar-refractivity contribution in [1.29, 1.82) is 0 Å². The Morgan fingerprint density at radius 3 is 1.82 bits per heavy atom. The Bertz CT molecular complexity index is 1380. The highest BCUT2D eigenvalue weighted by molar-refractivity contribution is 6.07. The number of esters is 1. The molecule has 7 heteroatoms. The zero-order valence-corrected chi connectivity index (χ0v) is 22.5. The van der Waals surface area contributed by atoms with Crippen molar-refractivity contribution in [3.63, 3.8) is 0 Å². The fourth-order valence-corrected chi connectivity index (χ4v) is 6.79. The van der Waals surface area contributed by atoms with Gasteiger partial charge >= 0.3 is 5.97 Å². The predicted molar refractivity (Wildman–Crippen MR) is 150 cm³/mol. The Labute approximate surface area is 233 Å². The van der Waals surface area contributed by atoms with Crippen molar-refractivity contribution >= 4 is 29.4 Å². The van der Waals surface area contributed by atoms with Crippen LogP contribution in [0.25, 0.3) is 0 Å². The lowest BCUT2D eigenvalue weighted by molar-refractivity contribution is -0.147. The SMILES string of the molecule is Cc1ccccc1NC(=O)COC(=O)CCCCCN1C(=O)[C@H]2C3c4ccccc4C(c4ccccc43)[C@@H]2C1=O. The van der Waals surface area contributed by atoms with Gasteiger partial charge < -0.3 is 10.1 Å². The Balaban J connectivity index is 1.01. The number of aryl methyl sites for hydroxylation is 1. The van der Waals surface area contributed by atoms with E-state index in [-0.39, 0.29) is 54.4 Å². The lowest BCUT2D eigenvalue weighted by Gasteiger charge is -2.45. The van der Waals surface area contributed by atoms with Crippen LogP contribution in [0.3, 0.4) is 0 Å². The van der Waals surface area contributed by atoms with Crippen molar-refractivity contribution in [3.05, 3.63) is 101 Å². The zero-order chi connectivity index (χ0) is 27.8. The van der Waals surface area contributed by atoms with Crippen LogP contribution < -0.4 is 5.32 Å². The average molecular weight is 537 g/mol. The van der Waals surface area contributed by atoms with Gasteiger partial charge in [-0.05, 0) is 53.6 Å². The molecule has 3 aromatic rings. The molecule has 7 rings (SSSR count). The van der Waals surface area contributed by atoms with E-state index in [1.807, 2.05) is 49.4 Å². The summed E-state index contributed by atoms with van der Waals surface area (Å²) in [5, 5.41) is 2.74. The number of benzene rings is 3. The number of carbonyl (C=O) groups is 4. The predicted octanol–water partition coefficient (Wildman–Crippen LogP) is 4.93. The molecule has 0 unspecified atom stereocenters. The van der Waals surface area contributed by atoms with Gasteiger partial charge in [0.15, 0.2) is 6.61 Å². The number of ether oxygens (including phenoxy) is 1. The zero-order valence-electron chi connectivity index (χ0n) is 22.5. The number of nitrogens with zero attached hydrogens (tertiary/aromatic N) is 1. The van der Waals surface area contributed by atoms with Crippen LogP contribution in [0.15, 0.2) is 72.8 Å². The minimum absolute atomic E-state index is 0.0759. The maximum Gasteiger partial charge on any atom is 0.306 e. The number of hydrogen-bond donors (Lipinski definition) is 1. The Kier molecular flexibility index (Phi) is 6.96. The van der Waals surface area contributed by atoms with Gasteiger partial charge in [-0.15, -0.1) is 0 Å². The van der Waals surface area contributed by atoms with Crippen molar-refractivity contribution in [2.45, 2.75) is 44.4 Å². The minimum Gasteiger partial charge on any atom is -0.456 e. The van der Waals surface area contributed by atoms with Crippen LogP contribution in [0, 0.1) is 18.8 Å². The molecule has 2 bridgehead atoms. The molecule has 1 saturated heterocycles. The third-order valence-corrected chi connectivity index (χ3v) is 8.59. The number of unbranched alkanes of at least 4 members (excludes halogenated alkanes) is 2. The highest BCUT2D eigenvalue weighted by atomic mass is 16.5. The number of carbonyl (C=O) groups excluding carboxylic acids is 4. The molecule has 3 aromatic carbocycles. The van der Waals surface area contributed by atoms with Crippen LogP contribution in [-0.2, 0) is 23.9 Å². The van der Waals surface area contributed by atoms with E-state index in [4.69, 9.17) is 4.74 Å². The molecular weight excluding hydrogens is 504 g/mol. The quantitative estimate of drug-likeness (QED) is 0.238. The molecule has 7 nitrogen and oxygen atoms in total. The Morgan fingerprint density at radius 2 is 1.27 bits per heavy atom. The minimum atomic E-state index is -0.439. The molecule has 1 aliphatic heterocycles. The lowest BCUT2D eigenvalue weighted by Crippen LogP contribution is -2.41. The van der Waals surface area contributed by atoms with Crippen molar-refractivity contribution in [3.8, 4) is 0 Å². The van der Waals surface area contributed by atoms with Crippen LogP contribution in [0.5, 0.6) is 0 Å². The van der Waals surface area contributed by atoms with Gasteiger partial charge in [0.2, 0.25) is 11.8 Å². The van der Waals surface area contributed by atoms with Crippen LogP contribution in [0.2, 0.25) is 0 Å². The van der Waals surface area contributed by atoms with Gasteiger partial charge in [0.25, 0.3) is 5.91 Å². The molecule has 3 amide bonds. The van der Waals surface area contributed by atoms with Gasteiger partial charge in [-0.1, -0.05) is 73.2 Å². The molecule has 204 valence electrons. The van der Waals surface area contributed by atoms with Gasteiger partial charge in [0, 0.05) is 30.5 Å². The molecule has 1 heterocycles. The summed E-state index contributed by atoms with van der Waals surface area (Å²) in [5.74, 6) is -1.88. The second kappa shape index (κ2) is 10.7. The van der Waals surface area contributed by atoms with E-state index < -0.39 is 5.97 Å². The number of hydrogen-bond acceptors (Lipinski definition) is 5. The molecule has 4 aliphatic rings. The third-order valence-electron chi connectivity index (χ3n) is 8.59. The fourth-order valence-electron chi connectivity index (χ4n) is 6.79. The summed E-state index contributed by atoms with van der Waals surface area (Å²) >= 11 is 0. The van der Waals surface area contributed by atoms with E-state index >= 15 is 0 Å². The van der Waals surface area contributed by atoms with Gasteiger partial charge in [0.05, 0.1) is 11.8 Å². The van der Waals surface area contributed by atoms with Gasteiger partial charge in [-0.3, -0.25) is 24.1 Å².